The summed E-state index contributed by atoms with van der Waals surface area (Å²) in [7, 11) is 0. The Kier molecular flexibility index (Phi) is 13.0. The molecule has 12 nitrogen and oxygen atoms in total. The molecular formula is C13H23IN3O9+. The van der Waals surface area contributed by atoms with Crippen LogP contribution < -0.4 is 0 Å². The molecule has 0 heterocycles. The second kappa shape index (κ2) is 13.8. The molecule has 0 atom stereocenters. The molecule has 0 aromatic heterocycles. The van der Waals surface area contributed by atoms with Crippen LogP contribution in [0.1, 0.15) is 0 Å². The summed E-state index contributed by atoms with van der Waals surface area (Å²) in [6.45, 7) is -0.976. The predicted octanol–water partition coefficient (Wildman–Crippen LogP) is -1.94. The van der Waals surface area contributed by atoms with E-state index in [9.17, 15) is 25.5 Å². The molecule has 0 aliphatic carbocycles. The Labute approximate surface area is 156 Å². The summed E-state index contributed by atoms with van der Waals surface area (Å²) in [5, 5.41) is 26.4. The van der Waals surface area contributed by atoms with Gasteiger partial charge in [-0.25, -0.2) is 0 Å². The zero-order valence-corrected chi connectivity index (χ0v) is 16.1. The van der Waals surface area contributed by atoms with Gasteiger partial charge in [0.1, 0.15) is 0 Å². The Morgan fingerprint density at radius 1 is 0.808 bits per heavy atom. The van der Waals surface area contributed by atoms with Crippen molar-refractivity contribution >= 4 is 44.2 Å². The molecule has 0 aliphatic heterocycles. The van der Waals surface area contributed by atoms with Gasteiger partial charge in [0, 0.05) is 0 Å². The average Bonchev–Trinajstić information content (AvgIpc) is 2.47. The number of aliphatic carboxylic acids is 3. The fraction of sp³-hybridized carbons (Fsp3) is 0.692. The monoisotopic (exact) mass is 492 g/mol. The van der Waals surface area contributed by atoms with E-state index in [1.165, 1.54) is 14.7 Å². The molecule has 0 aromatic rings. The number of alkyl halides is 1. The van der Waals surface area contributed by atoms with Crippen LogP contribution in [0.2, 0.25) is 0 Å². The first kappa shape index (κ1) is 24.6. The van der Waals surface area contributed by atoms with Crippen LogP contribution in [-0.4, -0.2) is 115 Å². The van der Waals surface area contributed by atoms with Gasteiger partial charge < -0.3 is 0 Å². The Morgan fingerprint density at radius 2 is 1.19 bits per heavy atom. The number of rotatable bonds is 15. The first-order valence-electron chi connectivity index (χ1n) is 7.42. The fourth-order valence-electron chi connectivity index (χ4n) is 2.07. The third-order valence-corrected chi connectivity index (χ3v) is 4.69. The predicted molar refractivity (Wildman–Crippen MR) is 95.2 cm³/mol. The van der Waals surface area contributed by atoms with Crippen LogP contribution in [0.25, 0.3) is 0 Å². The van der Waals surface area contributed by atoms with Gasteiger partial charge in [-0.15, -0.1) is 0 Å². The Hall–Kier alpha value is -1.39. The summed E-state index contributed by atoms with van der Waals surface area (Å²) in [6.07, 6.45) is 0.549. The SMILES string of the molecule is O=CCN(CCN(CCN(CC(=O)O)CC(=O)O)CI(#[O+])O)CC(=O)O. The maximum absolute atomic E-state index is 11.2. The van der Waals surface area contributed by atoms with Crippen LogP contribution in [0, 0.1) is 0 Å². The quantitative estimate of drug-likeness (QED) is 0.0657. The molecule has 0 rings (SSSR count). The van der Waals surface area contributed by atoms with Gasteiger partial charge in [-0.3, -0.25) is 0 Å². The first-order chi connectivity index (χ1) is 12.1. The van der Waals surface area contributed by atoms with Gasteiger partial charge in [0.05, 0.1) is 0 Å². The minimum atomic E-state index is -3.40. The van der Waals surface area contributed by atoms with E-state index in [1.54, 1.807) is 0 Å². The molecule has 0 aliphatic rings. The Balaban J connectivity index is 4.77. The summed E-state index contributed by atoms with van der Waals surface area (Å²) in [4.78, 5) is 46.9. The van der Waals surface area contributed by atoms with Crippen molar-refractivity contribution in [1.82, 2.24) is 14.7 Å². The van der Waals surface area contributed by atoms with Gasteiger partial charge in [0.15, 0.2) is 0 Å². The molecule has 0 saturated heterocycles. The van der Waals surface area contributed by atoms with Crippen molar-refractivity contribution in [2.75, 3.05) is 56.9 Å². The number of carboxylic acid groups (broad SMARTS) is 3. The molecular weight excluding hydrogens is 469 g/mol. The van der Waals surface area contributed by atoms with E-state index in [1.807, 2.05) is 0 Å². The van der Waals surface area contributed by atoms with Crippen LogP contribution in [0.4, 0.5) is 0 Å². The van der Waals surface area contributed by atoms with E-state index < -0.39 is 51.0 Å². The standard InChI is InChI=1S/C13H22IN3O9/c18-6-5-15(7-11(19)20)1-2-16(10-14(25)26)3-4-17(8-12(21)22)9-13(23)24/h6H,1-5,7-10H2,(H3-,19,20,21,22,23,24,25)/p+1. The van der Waals surface area contributed by atoms with Gasteiger partial charge in [-0.2, -0.15) is 0 Å². The molecule has 0 radical (unpaired) electrons. The van der Waals surface area contributed by atoms with Gasteiger partial charge in [0.2, 0.25) is 0 Å². The van der Waals surface area contributed by atoms with E-state index in [-0.39, 0.29) is 43.8 Å². The van der Waals surface area contributed by atoms with Gasteiger partial charge in [-0.1, -0.05) is 0 Å². The van der Waals surface area contributed by atoms with Gasteiger partial charge in [-0.05, 0) is 0 Å². The normalized spacial score (nSPS) is 11.4. The van der Waals surface area contributed by atoms with Crippen LogP contribution in [0.15, 0.2) is 0 Å². The summed E-state index contributed by atoms with van der Waals surface area (Å²) in [5.41, 5.74) is 0. The zero-order chi connectivity index (χ0) is 20.1. The summed E-state index contributed by atoms with van der Waals surface area (Å²) in [6, 6.07) is 0. The van der Waals surface area contributed by atoms with Crippen molar-refractivity contribution in [3.63, 3.8) is 0 Å². The molecule has 0 fully saturated rings. The van der Waals surface area contributed by atoms with E-state index in [0.717, 1.165) is 0 Å². The van der Waals surface area contributed by atoms with E-state index in [2.05, 4.69) is 0 Å². The number of halogens is 1. The third-order valence-electron chi connectivity index (χ3n) is 3.15. The molecule has 4 N–H and O–H groups in total. The van der Waals surface area contributed by atoms with E-state index in [0.29, 0.717) is 6.29 Å². The summed E-state index contributed by atoms with van der Waals surface area (Å²) in [5.74, 6) is -3.52. The van der Waals surface area contributed by atoms with E-state index >= 15 is 0 Å². The molecule has 0 saturated carbocycles. The van der Waals surface area contributed by atoms with Gasteiger partial charge in [0.25, 0.3) is 0 Å². The summed E-state index contributed by atoms with van der Waals surface area (Å²) >= 11 is -3.40. The van der Waals surface area contributed by atoms with Crippen LogP contribution >= 0.6 is 20.0 Å². The molecule has 0 amide bonds. The molecule has 13 heteroatoms. The fourth-order valence-corrected chi connectivity index (χ4v) is 3.58. The Morgan fingerprint density at radius 3 is 1.58 bits per heavy atom. The molecule has 0 bridgehead atoms. The van der Waals surface area contributed by atoms with E-state index in [4.69, 9.17) is 15.3 Å². The van der Waals surface area contributed by atoms with Gasteiger partial charge >= 0.3 is 157 Å². The third kappa shape index (κ3) is 13.9. The molecule has 26 heavy (non-hydrogen) atoms. The number of nitrogens with zero attached hydrogens (tertiary/aromatic N) is 3. The van der Waals surface area contributed by atoms with Crippen LogP contribution in [0.3, 0.4) is 0 Å². The molecule has 0 aromatic carbocycles. The Bertz CT molecular complexity index is 547. The molecule has 150 valence electrons. The average molecular weight is 492 g/mol. The number of carboxylic acids is 3. The number of hydrogen-bond acceptors (Lipinski definition) is 8. The first-order valence-corrected chi connectivity index (χ1v) is 10.8. The topological polar surface area (TPSA) is 179 Å². The molecule has 0 unspecified atom stereocenters. The number of carbonyl (C=O) groups excluding carboxylic acids is 1. The van der Waals surface area contributed by atoms with Crippen molar-refractivity contribution < 1.29 is 40.8 Å². The van der Waals surface area contributed by atoms with Crippen molar-refractivity contribution in [3.05, 3.63) is 0 Å². The van der Waals surface area contributed by atoms with Crippen molar-refractivity contribution in [1.29, 1.82) is 0 Å². The number of carbonyl (C=O) groups is 4. The zero-order valence-electron chi connectivity index (χ0n) is 14.0. The van der Waals surface area contributed by atoms with Crippen molar-refractivity contribution in [2.24, 2.45) is 0 Å². The number of aldehydes is 1. The number of hydrogen-bond donors (Lipinski definition) is 4. The van der Waals surface area contributed by atoms with Crippen molar-refractivity contribution in [2.45, 2.75) is 0 Å². The van der Waals surface area contributed by atoms with Crippen molar-refractivity contribution in [3.8, 4) is 0 Å². The van der Waals surface area contributed by atoms with Crippen LogP contribution in [-0.2, 0) is 22.1 Å². The van der Waals surface area contributed by atoms with Crippen LogP contribution in [0.5, 0.6) is 0 Å². The molecule has 0 spiro atoms. The second-order valence-electron chi connectivity index (χ2n) is 5.33. The minimum absolute atomic E-state index is 0.0369. The second-order valence-corrected chi connectivity index (χ2v) is 7.71. The maximum atomic E-state index is 11.2. The summed E-state index contributed by atoms with van der Waals surface area (Å²) < 4.78 is 20.2.